The Labute approximate surface area is 166 Å². The van der Waals surface area contributed by atoms with E-state index in [0.29, 0.717) is 0 Å². The van der Waals surface area contributed by atoms with Crippen LogP contribution in [0.4, 0.5) is 0 Å². The van der Waals surface area contributed by atoms with Crippen LogP contribution in [0.15, 0.2) is 48.5 Å². The van der Waals surface area contributed by atoms with Crippen LogP contribution in [0.5, 0.6) is 5.75 Å². The van der Waals surface area contributed by atoms with Crippen LogP contribution in [0.3, 0.4) is 0 Å². The molecular weight excluding hydrogens is 451 g/mol. The smallest absolute Gasteiger partial charge is 0.260 e. The number of amides is 1. The molecule has 1 fully saturated rings. The molecule has 1 amide bonds. The molecule has 0 aromatic heterocycles. The van der Waals surface area contributed by atoms with Crippen LogP contribution >= 0.6 is 34.2 Å². The van der Waals surface area contributed by atoms with E-state index in [1.165, 1.54) is 5.56 Å². The average Bonchev–Trinajstić information content (AvgIpc) is 2.63. The molecule has 6 heteroatoms. The molecule has 0 bridgehead atoms. The van der Waals surface area contributed by atoms with Crippen molar-refractivity contribution in [3.05, 3.63) is 62.7 Å². The highest BCUT2D eigenvalue weighted by Gasteiger charge is 2.21. The SMILES string of the molecule is O=C(COc1ccc(I)cc1)N1CCN(Cc2ccc(Cl)cc2)CC1. The number of carbonyl (C=O) groups excluding carboxylic acids is 1. The molecule has 0 N–H and O–H groups in total. The molecule has 25 heavy (non-hydrogen) atoms. The van der Waals surface area contributed by atoms with E-state index in [4.69, 9.17) is 16.3 Å². The molecule has 0 unspecified atom stereocenters. The minimum atomic E-state index is 0.0460. The Balaban J connectivity index is 1.42. The van der Waals surface area contributed by atoms with Crippen molar-refractivity contribution in [2.45, 2.75) is 6.54 Å². The first-order chi connectivity index (χ1) is 12.1. The molecule has 2 aromatic rings. The molecule has 1 heterocycles. The standard InChI is InChI=1S/C19H20ClIN2O2/c20-16-3-1-15(2-4-16)13-22-9-11-23(12-10-22)19(24)14-25-18-7-5-17(21)6-8-18/h1-8H,9-14H2. The maximum atomic E-state index is 12.3. The van der Waals surface area contributed by atoms with Gasteiger partial charge >= 0.3 is 0 Å². The number of rotatable bonds is 5. The summed E-state index contributed by atoms with van der Waals surface area (Å²) in [6, 6.07) is 15.6. The van der Waals surface area contributed by atoms with E-state index in [-0.39, 0.29) is 12.5 Å². The second-order valence-electron chi connectivity index (χ2n) is 6.03. The first-order valence-electron chi connectivity index (χ1n) is 8.23. The van der Waals surface area contributed by atoms with Crippen LogP contribution in [0.1, 0.15) is 5.56 Å². The van der Waals surface area contributed by atoms with Gasteiger partial charge in [0.05, 0.1) is 0 Å². The number of hydrogen-bond acceptors (Lipinski definition) is 3. The minimum Gasteiger partial charge on any atom is -0.484 e. The van der Waals surface area contributed by atoms with Crippen LogP contribution in [0, 0.1) is 3.57 Å². The van der Waals surface area contributed by atoms with E-state index in [2.05, 4.69) is 39.6 Å². The Morgan fingerprint density at radius 1 is 1.00 bits per heavy atom. The minimum absolute atomic E-state index is 0.0460. The summed E-state index contributed by atoms with van der Waals surface area (Å²) in [6.45, 7) is 4.21. The van der Waals surface area contributed by atoms with Crippen LogP contribution in [-0.2, 0) is 11.3 Å². The monoisotopic (exact) mass is 470 g/mol. The molecule has 0 saturated carbocycles. The van der Waals surface area contributed by atoms with Gasteiger partial charge in [-0.3, -0.25) is 9.69 Å². The third-order valence-electron chi connectivity index (χ3n) is 4.22. The van der Waals surface area contributed by atoms with Crippen molar-refractivity contribution < 1.29 is 9.53 Å². The van der Waals surface area contributed by atoms with Gasteiger partial charge in [0.25, 0.3) is 5.91 Å². The van der Waals surface area contributed by atoms with Gasteiger partial charge in [-0.05, 0) is 64.6 Å². The lowest BCUT2D eigenvalue weighted by atomic mass is 10.2. The number of carbonyl (C=O) groups is 1. The van der Waals surface area contributed by atoms with Crippen molar-refractivity contribution in [3.8, 4) is 5.75 Å². The molecule has 0 aliphatic carbocycles. The second-order valence-corrected chi connectivity index (χ2v) is 7.71. The lowest BCUT2D eigenvalue weighted by Crippen LogP contribution is -2.49. The molecule has 3 rings (SSSR count). The first-order valence-corrected chi connectivity index (χ1v) is 9.69. The summed E-state index contributed by atoms with van der Waals surface area (Å²) < 4.78 is 6.74. The Hall–Kier alpha value is -1.31. The zero-order chi connectivity index (χ0) is 17.6. The highest BCUT2D eigenvalue weighted by atomic mass is 127. The molecule has 4 nitrogen and oxygen atoms in total. The van der Waals surface area contributed by atoms with Gasteiger partial charge in [0.1, 0.15) is 5.75 Å². The zero-order valence-corrected chi connectivity index (χ0v) is 16.7. The molecule has 132 valence electrons. The van der Waals surface area contributed by atoms with Crippen molar-refractivity contribution in [1.82, 2.24) is 9.80 Å². The van der Waals surface area contributed by atoms with Crippen molar-refractivity contribution in [2.24, 2.45) is 0 Å². The molecule has 2 aromatic carbocycles. The van der Waals surface area contributed by atoms with Gasteiger partial charge in [0.15, 0.2) is 6.61 Å². The summed E-state index contributed by atoms with van der Waals surface area (Å²) in [5.74, 6) is 0.778. The van der Waals surface area contributed by atoms with Crippen molar-refractivity contribution in [3.63, 3.8) is 0 Å². The van der Waals surface area contributed by atoms with Gasteiger partial charge in [-0.2, -0.15) is 0 Å². The first kappa shape index (κ1) is 18.5. The largest absolute Gasteiger partial charge is 0.484 e. The fourth-order valence-corrected chi connectivity index (χ4v) is 3.26. The summed E-state index contributed by atoms with van der Waals surface area (Å²) in [4.78, 5) is 16.5. The summed E-state index contributed by atoms with van der Waals surface area (Å²) in [6.07, 6.45) is 0. The van der Waals surface area contributed by atoms with Crippen LogP contribution in [0.2, 0.25) is 5.02 Å². The normalized spacial score (nSPS) is 15.2. The highest BCUT2D eigenvalue weighted by Crippen LogP contribution is 2.15. The Morgan fingerprint density at radius 2 is 1.64 bits per heavy atom. The molecule has 0 radical (unpaired) electrons. The van der Waals surface area contributed by atoms with Crippen LogP contribution in [-0.4, -0.2) is 48.5 Å². The Morgan fingerprint density at radius 3 is 2.28 bits per heavy atom. The molecule has 0 spiro atoms. The Kier molecular flexibility index (Phi) is 6.56. The third kappa shape index (κ3) is 5.59. The fraction of sp³-hybridized carbons (Fsp3) is 0.316. The molecule has 0 atom stereocenters. The van der Waals surface area contributed by atoms with Gasteiger partial charge in [0, 0.05) is 41.3 Å². The number of benzene rings is 2. The highest BCUT2D eigenvalue weighted by molar-refractivity contribution is 14.1. The number of hydrogen-bond donors (Lipinski definition) is 0. The maximum absolute atomic E-state index is 12.3. The predicted octanol–water partition coefficient (Wildman–Crippen LogP) is 3.67. The van der Waals surface area contributed by atoms with E-state index < -0.39 is 0 Å². The van der Waals surface area contributed by atoms with E-state index in [9.17, 15) is 4.79 Å². The van der Waals surface area contributed by atoms with E-state index in [1.54, 1.807) is 0 Å². The predicted molar refractivity (Wildman–Crippen MR) is 108 cm³/mol. The van der Waals surface area contributed by atoms with Crippen LogP contribution < -0.4 is 4.74 Å². The fourth-order valence-electron chi connectivity index (χ4n) is 2.77. The number of nitrogens with zero attached hydrogens (tertiary/aromatic N) is 2. The summed E-state index contributed by atoms with van der Waals surface area (Å²) >= 11 is 8.16. The van der Waals surface area contributed by atoms with Gasteiger partial charge < -0.3 is 9.64 Å². The van der Waals surface area contributed by atoms with Crippen LogP contribution in [0.25, 0.3) is 0 Å². The molecule has 1 saturated heterocycles. The lowest BCUT2D eigenvalue weighted by Gasteiger charge is -2.34. The van der Waals surface area contributed by atoms with Gasteiger partial charge in [-0.1, -0.05) is 23.7 Å². The maximum Gasteiger partial charge on any atom is 0.260 e. The summed E-state index contributed by atoms with van der Waals surface area (Å²) in [7, 11) is 0. The van der Waals surface area contributed by atoms with E-state index >= 15 is 0 Å². The third-order valence-corrected chi connectivity index (χ3v) is 5.19. The Bertz CT molecular complexity index is 698. The zero-order valence-electron chi connectivity index (χ0n) is 13.8. The molecule has 1 aliphatic rings. The van der Waals surface area contributed by atoms with Crippen molar-refractivity contribution >= 4 is 40.1 Å². The average molecular weight is 471 g/mol. The lowest BCUT2D eigenvalue weighted by molar-refractivity contribution is -0.135. The number of ether oxygens (including phenoxy) is 1. The quantitative estimate of drug-likeness (QED) is 0.625. The summed E-state index contributed by atoms with van der Waals surface area (Å²) in [5.41, 5.74) is 1.24. The van der Waals surface area contributed by atoms with Crippen molar-refractivity contribution in [2.75, 3.05) is 32.8 Å². The number of piperazine rings is 1. The van der Waals surface area contributed by atoms with Gasteiger partial charge in [0.2, 0.25) is 0 Å². The molecular formula is C19H20ClIN2O2. The second kappa shape index (κ2) is 8.87. The van der Waals surface area contributed by atoms with Crippen molar-refractivity contribution in [1.29, 1.82) is 0 Å². The van der Waals surface area contributed by atoms with Gasteiger partial charge in [-0.15, -0.1) is 0 Å². The van der Waals surface area contributed by atoms with E-state index in [0.717, 1.165) is 47.1 Å². The summed E-state index contributed by atoms with van der Waals surface area (Å²) in [5, 5.41) is 0.757. The number of halogens is 2. The van der Waals surface area contributed by atoms with Gasteiger partial charge in [-0.25, -0.2) is 0 Å². The topological polar surface area (TPSA) is 32.8 Å². The molecule has 1 aliphatic heterocycles. The van der Waals surface area contributed by atoms with E-state index in [1.807, 2.05) is 41.3 Å².